The molecule has 0 saturated carbocycles. The van der Waals surface area contributed by atoms with Gasteiger partial charge >= 0.3 is 7.82 Å². The maximum absolute atomic E-state index is 12.8. The number of rotatable bonds is 37. The number of hydrogen-bond donors (Lipinski definition) is 3. The van der Waals surface area contributed by atoms with E-state index in [0.29, 0.717) is 29.7 Å². The van der Waals surface area contributed by atoms with Crippen LogP contribution in [0.1, 0.15) is 149 Å². The Morgan fingerprint density at radius 1 is 0.714 bits per heavy atom. The highest BCUT2D eigenvalue weighted by molar-refractivity contribution is 7.47. The van der Waals surface area contributed by atoms with Gasteiger partial charge in [0.1, 0.15) is 13.2 Å². The number of quaternary nitrogens is 1. The van der Waals surface area contributed by atoms with Crippen LogP contribution in [0, 0.1) is 0 Å². The molecule has 0 spiro atoms. The normalized spacial score (nSPS) is 18.7. The first kappa shape index (κ1) is 51.9. The van der Waals surface area contributed by atoms with Crippen LogP contribution in [0.3, 0.4) is 0 Å². The van der Waals surface area contributed by atoms with E-state index >= 15 is 0 Å². The molecule has 1 saturated heterocycles. The second-order valence-corrected chi connectivity index (χ2v) is 17.5. The summed E-state index contributed by atoms with van der Waals surface area (Å²) in [5.74, 6) is -0.265. The predicted octanol–water partition coefficient (Wildman–Crippen LogP) is 11.0. The zero-order chi connectivity index (χ0) is 41.2. The Labute approximate surface area is 342 Å². The number of carbonyl (C=O) groups excluding carboxylic acids is 1. The molecule has 322 valence electrons. The van der Waals surface area contributed by atoms with Gasteiger partial charge in [0, 0.05) is 6.42 Å². The Hall–Kier alpha value is -2.10. The summed E-state index contributed by atoms with van der Waals surface area (Å²) in [6, 6.07) is -0.892. The van der Waals surface area contributed by atoms with E-state index in [4.69, 9.17) is 13.8 Å². The maximum atomic E-state index is 12.8. The van der Waals surface area contributed by atoms with E-state index in [-0.39, 0.29) is 25.5 Å². The van der Waals surface area contributed by atoms with Crippen molar-refractivity contribution in [2.24, 2.45) is 0 Å². The minimum absolute atomic E-state index is 0.0424. The number of ether oxygens (including phenoxy) is 1. The molecule has 1 amide bonds. The molecule has 10 heteroatoms. The number of unbranched alkanes of at least 4 members (excludes halogenated alkanes) is 12. The Balaban J connectivity index is 2.38. The number of nitrogens with zero attached hydrogens (tertiary/aromatic N) is 1. The molecule has 0 aromatic heterocycles. The van der Waals surface area contributed by atoms with Gasteiger partial charge in [0.2, 0.25) is 5.91 Å². The minimum atomic E-state index is -4.36. The SMILES string of the molecule is CC/C=C\CC1OC1C/C=C\C/C=C\C/C=C\C/C=C\CCC(=O)N[C@@H](COP(=O)(O)OCC[N+](C)(C)C)[C@H](O)/C=C/CCCCCCCCCCCCCC. The zero-order valence-corrected chi connectivity index (χ0v) is 36.9. The van der Waals surface area contributed by atoms with E-state index in [1.807, 2.05) is 39.4 Å². The van der Waals surface area contributed by atoms with Gasteiger partial charge in [-0.2, -0.15) is 0 Å². The summed E-state index contributed by atoms with van der Waals surface area (Å²) in [4.78, 5) is 23.1. The molecule has 1 aliphatic rings. The molecule has 5 atom stereocenters. The lowest BCUT2D eigenvalue weighted by Crippen LogP contribution is -2.45. The molecule has 3 unspecified atom stereocenters. The van der Waals surface area contributed by atoms with Crippen molar-refractivity contribution in [2.45, 2.75) is 173 Å². The van der Waals surface area contributed by atoms with Crippen molar-refractivity contribution < 1.29 is 37.6 Å². The summed E-state index contributed by atoms with van der Waals surface area (Å²) in [6.07, 6.45) is 47.3. The highest BCUT2D eigenvalue weighted by Crippen LogP contribution is 2.43. The number of nitrogens with one attached hydrogen (secondary N) is 1. The number of epoxide rings is 1. The first-order valence-corrected chi connectivity index (χ1v) is 23.4. The van der Waals surface area contributed by atoms with Gasteiger partial charge in [-0.05, 0) is 57.8 Å². The van der Waals surface area contributed by atoms with Crippen LogP contribution >= 0.6 is 7.82 Å². The number of phosphoric acid groups is 1. The van der Waals surface area contributed by atoms with Crippen LogP contribution in [0.15, 0.2) is 72.9 Å². The first-order chi connectivity index (χ1) is 27.0. The number of aliphatic hydroxyl groups is 1. The van der Waals surface area contributed by atoms with Gasteiger partial charge < -0.3 is 24.5 Å². The zero-order valence-electron chi connectivity index (χ0n) is 36.0. The smallest absolute Gasteiger partial charge is 0.387 e. The van der Waals surface area contributed by atoms with Crippen molar-refractivity contribution >= 4 is 13.7 Å². The van der Waals surface area contributed by atoms with Gasteiger partial charge in [-0.25, -0.2) is 4.57 Å². The molecule has 1 aliphatic heterocycles. The standard InChI is InChI=1S/C46H81N2O7P/c1-6-8-10-11-12-13-14-15-16-19-22-25-28-32-35-43(49)42(41-54-56(51,52)53-40-39-48(3,4)5)47-46(50)38-34-30-27-24-21-18-17-20-23-26-29-33-37-45-44(55-45)36-31-9-7-2/h9,18,20-21,23,27,29-33,35,42-45,49H,6-8,10-17,19,22,24-26,28,34,36-41H2,1-5H3,(H-,47,50,51,52)/p+1/b21-18-,23-20-,30-27-,31-9-,33-29-,35-32+/t42-,43+,44?,45?/m0/s1. The second kappa shape index (κ2) is 33.8. The number of carbonyl (C=O) groups is 1. The van der Waals surface area contributed by atoms with Crippen molar-refractivity contribution in [3.8, 4) is 0 Å². The average molecular weight is 806 g/mol. The van der Waals surface area contributed by atoms with Gasteiger partial charge in [-0.3, -0.25) is 13.8 Å². The molecule has 9 nitrogen and oxygen atoms in total. The molecular formula is C46H82N2O7P+. The molecule has 0 aromatic rings. The third kappa shape index (κ3) is 32.9. The summed E-state index contributed by atoms with van der Waals surface area (Å²) in [5.41, 5.74) is 0. The van der Waals surface area contributed by atoms with Crippen LogP contribution in [-0.4, -0.2) is 85.6 Å². The predicted molar refractivity (Wildman–Crippen MR) is 234 cm³/mol. The molecule has 1 fully saturated rings. The molecule has 1 heterocycles. The molecule has 0 aliphatic carbocycles. The van der Waals surface area contributed by atoms with E-state index in [9.17, 15) is 19.4 Å². The number of likely N-dealkylation sites (N-methyl/N-ethyl adjacent to an activating group) is 1. The lowest BCUT2D eigenvalue weighted by molar-refractivity contribution is -0.870. The van der Waals surface area contributed by atoms with Crippen LogP contribution < -0.4 is 5.32 Å². The summed E-state index contributed by atoms with van der Waals surface area (Å²) in [5, 5.41) is 13.7. The Morgan fingerprint density at radius 2 is 1.23 bits per heavy atom. The van der Waals surface area contributed by atoms with Gasteiger partial charge in [0.15, 0.2) is 0 Å². The van der Waals surface area contributed by atoms with Crippen molar-refractivity contribution in [1.29, 1.82) is 0 Å². The number of hydrogen-bond acceptors (Lipinski definition) is 6. The monoisotopic (exact) mass is 806 g/mol. The highest BCUT2D eigenvalue weighted by Gasteiger charge is 2.36. The van der Waals surface area contributed by atoms with E-state index in [2.05, 4.69) is 67.8 Å². The Kier molecular flexibility index (Phi) is 31.4. The van der Waals surface area contributed by atoms with Gasteiger partial charge in [0.05, 0.1) is 52.1 Å². The third-order valence-corrected chi connectivity index (χ3v) is 10.6. The van der Waals surface area contributed by atoms with Crippen LogP contribution in [0.5, 0.6) is 0 Å². The fourth-order valence-corrected chi connectivity index (χ4v) is 6.72. The summed E-state index contributed by atoms with van der Waals surface area (Å²) >= 11 is 0. The van der Waals surface area contributed by atoms with E-state index < -0.39 is 20.0 Å². The molecule has 0 aromatic carbocycles. The van der Waals surface area contributed by atoms with E-state index in [1.165, 1.54) is 64.2 Å². The van der Waals surface area contributed by atoms with Crippen LogP contribution in [0.25, 0.3) is 0 Å². The molecular weight excluding hydrogens is 723 g/mol. The summed E-state index contributed by atoms with van der Waals surface area (Å²) < 4.78 is 29.2. The molecule has 56 heavy (non-hydrogen) atoms. The minimum Gasteiger partial charge on any atom is -0.387 e. The number of aliphatic hydroxyl groups excluding tert-OH is 1. The third-order valence-electron chi connectivity index (χ3n) is 9.60. The fourth-order valence-electron chi connectivity index (χ4n) is 5.99. The quantitative estimate of drug-likeness (QED) is 0.0188. The Bertz CT molecular complexity index is 1210. The molecule has 1 rings (SSSR count). The second-order valence-electron chi connectivity index (χ2n) is 16.1. The van der Waals surface area contributed by atoms with Crippen LogP contribution in [-0.2, 0) is 23.1 Å². The largest absolute Gasteiger partial charge is 0.472 e. The summed E-state index contributed by atoms with van der Waals surface area (Å²) in [6.45, 7) is 4.61. The van der Waals surface area contributed by atoms with E-state index in [1.54, 1.807) is 6.08 Å². The fraction of sp³-hybridized carbons (Fsp3) is 0.717. The van der Waals surface area contributed by atoms with Crippen molar-refractivity contribution in [3.05, 3.63) is 72.9 Å². The topological polar surface area (TPSA) is 118 Å². The lowest BCUT2D eigenvalue weighted by Gasteiger charge is -2.25. The molecule has 3 N–H and O–H groups in total. The molecule has 0 bridgehead atoms. The van der Waals surface area contributed by atoms with Crippen LogP contribution in [0.2, 0.25) is 0 Å². The summed E-state index contributed by atoms with van der Waals surface area (Å²) in [7, 11) is 1.51. The van der Waals surface area contributed by atoms with Crippen molar-refractivity contribution in [1.82, 2.24) is 5.32 Å². The first-order valence-electron chi connectivity index (χ1n) is 21.9. The average Bonchev–Trinajstić information content (AvgIpc) is 3.90. The Morgan fingerprint density at radius 3 is 1.79 bits per heavy atom. The van der Waals surface area contributed by atoms with Gasteiger partial charge in [0.25, 0.3) is 0 Å². The van der Waals surface area contributed by atoms with Gasteiger partial charge in [-0.15, -0.1) is 0 Å². The van der Waals surface area contributed by atoms with E-state index in [0.717, 1.165) is 57.8 Å². The lowest BCUT2D eigenvalue weighted by atomic mass is 10.0. The van der Waals surface area contributed by atoms with Crippen LogP contribution in [0.4, 0.5) is 0 Å². The number of allylic oxidation sites excluding steroid dienone is 9. The van der Waals surface area contributed by atoms with Gasteiger partial charge in [-0.1, -0.05) is 157 Å². The maximum Gasteiger partial charge on any atom is 0.472 e. The highest BCUT2D eigenvalue weighted by atomic mass is 31.2. The van der Waals surface area contributed by atoms with Crippen molar-refractivity contribution in [3.63, 3.8) is 0 Å². The number of amides is 1. The molecule has 0 radical (unpaired) electrons. The van der Waals surface area contributed by atoms with Crippen molar-refractivity contribution in [2.75, 3.05) is 40.9 Å². The number of phosphoric ester groups is 1.